The van der Waals surface area contributed by atoms with E-state index in [1.165, 1.54) is 4.90 Å². The van der Waals surface area contributed by atoms with E-state index in [2.05, 4.69) is 0 Å². The number of hydrogen-bond donors (Lipinski definition) is 2. The number of amides is 1. The second-order valence-electron chi connectivity index (χ2n) is 4.97. The van der Waals surface area contributed by atoms with Gasteiger partial charge in [0.25, 0.3) is 0 Å². The van der Waals surface area contributed by atoms with E-state index in [9.17, 15) is 9.90 Å². The van der Waals surface area contributed by atoms with Crippen molar-refractivity contribution in [1.29, 1.82) is 0 Å². The molecule has 110 valence electrons. The van der Waals surface area contributed by atoms with Crippen LogP contribution < -0.4 is 0 Å². The summed E-state index contributed by atoms with van der Waals surface area (Å²) >= 11 is 6.12. The molecule has 6 heteroatoms. The molecule has 2 atom stereocenters. The highest BCUT2D eigenvalue weighted by molar-refractivity contribution is 6.31. The Morgan fingerprint density at radius 2 is 2.30 bits per heavy atom. The van der Waals surface area contributed by atoms with Gasteiger partial charge in [0.1, 0.15) is 0 Å². The number of aryl methyl sites for hydroxylation is 1. The van der Waals surface area contributed by atoms with Gasteiger partial charge in [0, 0.05) is 24.0 Å². The third kappa shape index (κ3) is 3.23. The highest BCUT2D eigenvalue weighted by Crippen LogP contribution is 2.31. The average Bonchev–Trinajstić information content (AvgIpc) is 2.64. The minimum atomic E-state index is -0.991. The predicted octanol–water partition coefficient (Wildman–Crippen LogP) is 2.31. The van der Waals surface area contributed by atoms with Gasteiger partial charge in [0.15, 0.2) is 0 Å². The lowest BCUT2D eigenvalue weighted by atomic mass is 9.95. The minimum absolute atomic E-state index is 0.139. The highest BCUT2D eigenvalue weighted by atomic mass is 35.5. The summed E-state index contributed by atoms with van der Waals surface area (Å²) < 4.78 is 5.74. The number of aliphatic hydroxyl groups is 1. The Balaban J connectivity index is 2.24. The van der Waals surface area contributed by atoms with Crippen molar-refractivity contribution in [2.75, 3.05) is 26.3 Å². The number of halogens is 1. The van der Waals surface area contributed by atoms with Crippen LogP contribution in [0, 0.1) is 12.8 Å². The summed E-state index contributed by atoms with van der Waals surface area (Å²) in [4.78, 5) is 12.4. The Morgan fingerprint density at radius 3 is 2.90 bits per heavy atom. The van der Waals surface area contributed by atoms with Gasteiger partial charge < -0.3 is 19.8 Å². The number of aliphatic hydroxyl groups excluding tert-OH is 1. The molecule has 1 aliphatic rings. The SMILES string of the molecule is Cc1ccc(C2OCCN(C(=O)O)CC2CO)cc1Cl. The van der Waals surface area contributed by atoms with Crippen LogP contribution in [0.1, 0.15) is 17.2 Å². The Kier molecular flexibility index (Phi) is 4.86. The van der Waals surface area contributed by atoms with Crippen molar-refractivity contribution in [2.24, 2.45) is 5.92 Å². The van der Waals surface area contributed by atoms with E-state index < -0.39 is 6.09 Å². The summed E-state index contributed by atoms with van der Waals surface area (Å²) in [5, 5.41) is 19.3. The number of ether oxygens (including phenoxy) is 1. The van der Waals surface area contributed by atoms with Crippen molar-refractivity contribution in [3.8, 4) is 0 Å². The van der Waals surface area contributed by atoms with Gasteiger partial charge in [-0.05, 0) is 24.1 Å². The highest BCUT2D eigenvalue weighted by Gasteiger charge is 2.30. The van der Waals surface area contributed by atoms with Crippen molar-refractivity contribution in [1.82, 2.24) is 4.90 Å². The monoisotopic (exact) mass is 299 g/mol. The van der Waals surface area contributed by atoms with Gasteiger partial charge in [-0.2, -0.15) is 0 Å². The number of benzene rings is 1. The van der Waals surface area contributed by atoms with Crippen LogP contribution in [0.4, 0.5) is 4.79 Å². The zero-order chi connectivity index (χ0) is 14.7. The lowest BCUT2D eigenvalue weighted by Gasteiger charge is -2.25. The molecule has 1 saturated heterocycles. The zero-order valence-electron chi connectivity index (χ0n) is 11.3. The summed E-state index contributed by atoms with van der Waals surface area (Å²) in [6, 6.07) is 5.63. The number of carboxylic acid groups (broad SMARTS) is 1. The maximum Gasteiger partial charge on any atom is 0.407 e. The summed E-state index contributed by atoms with van der Waals surface area (Å²) in [5.41, 5.74) is 1.84. The van der Waals surface area contributed by atoms with Crippen LogP contribution in [-0.4, -0.2) is 47.5 Å². The smallest absolute Gasteiger partial charge is 0.407 e. The molecule has 5 nitrogen and oxygen atoms in total. The molecule has 1 aromatic carbocycles. The van der Waals surface area contributed by atoms with Gasteiger partial charge in [-0.15, -0.1) is 0 Å². The Morgan fingerprint density at radius 1 is 1.55 bits per heavy atom. The normalized spacial score (nSPS) is 23.4. The molecule has 2 N–H and O–H groups in total. The lowest BCUT2D eigenvalue weighted by Crippen LogP contribution is -2.36. The van der Waals surface area contributed by atoms with Crippen LogP contribution in [0.5, 0.6) is 0 Å². The largest absolute Gasteiger partial charge is 0.465 e. The van der Waals surface area contributed by atoms with Crippen molar-refractivity contribution in [3.63, 3.8) is 0 Å². The van der Waals surface area contributed by atoms with Crippen molar-refractivity contribution in [2.45, 2.75) is 13.0 Å². The van der Waals surface area contributed by atoms with Crippen LogP contribution in [0.2, 0.25) is 5.02 Å². The molecular formula is C14H18ClNO4. The Bertz CT molecular complexity index is 494. The molecule has 1 aliphatic heterocycles. The van der Waals surface area contributed by atoms with Gasteiger partial charge in [0.2, 0.25) is 0 Å². The fraction of sp³-hybridized carbons (Fsp3) is 0.500. The number of rotatable bonds is 2. The van der Waals surface area contributed by atoms with E-state index in [0.717, 1.165) is 11.1 Å². The molecule has 0 aromatic heterocycles. The summed E-state index contributed by atoms with van der Waals surface area (Å²) in [6.07, 6.45) is -1.34. The third-order valence-corrected chi connectivity index (χ3v) is 3.98. The van der Waals surface area contributed by atoms with Crippen LogP contribution in [0.15, 0.2) is 18.2 Å². The van der Waals surface area contributed by atoms with E-state index in [-0.39, 0.29) is 25.2 Å². The van der Waals surface area contributed by atoms with Crippen molar-refractivity contribution >= 4 is 17.7 Å². The van der Waals surface area contributed by atoms with Crippen molar-refractivity contribution < 1.29 is 19.7 Å². The number of nitrogens with zero attached hydrogens (tertiary/aromatic N) is 1. The fourth-order valence-electron chi connectivity index (χ4n) is 2.38. The summed E-state index contributed by atoms with van der Waals surface area (Å²) in [7, 11) is 0. The molecule has 1 heterocycles. The van der Waals surface area contributed by atoms with Gasteiger partial charge >= 0.3 is 6.09 Å². The maximum absolute atomic E-state index is 11.1. The molecule has 20 heavy (non-hydrogen) atoms. The van der Waals surface area contributed by atoms with E-state index in [4.69, 9.17) is 21.4 Å². The standard InChI is InChI=1S/C14H18ClNO4/c1-9-2-3-10(6-12(9)15)13-11(8-17)7-16(14(18)19)4-5-20-13/h2-3,6,11,13,17H,4-5,7-8H2,1H3,(H,18,19). The fourth-order valence-corrected chi connectivity index (χ4v) is 2.57. The minimum Gasteiger partial charge on any atom is -0.465 e. The van der Waals surface area contributed by atoms with Gasteiger partial charge in [-0.25, -0.2) is 4.79 Å². The van der Waals surface area contributed by atoms with E-state index >= 15 is 0 Å². The lowest BCUT2D eigenvalue weighted by molar-refractivity contribution is 0.0113. The zero-order valence-corrected chi connectivity index (χ0v) is 12.0. The second kappa shape index (κ2) is 6.43. The molecule has 1 aromatic rings. The molecule has 0 saturated carbocycles. The first-order valence-corrected chi connectivity index (χ1v) is 6.87. The first-order valence-electron chi connectivity index (χ1n) is 6.49. The quantitative estimate of drug-likeness (QED) is 0.879. The molecule has 0 bridgehead atoms. The van der Waals surface area contributed by atoms with E-state index in [0.29, 0.717) is 18.2 Å². The maximum atomic E-state index is 11.1. The van der Waals surface area contributed by atoms with Crippen LogP contribution in [0.25, 0.3) is 0 Å². The van der Waals surface area contributed by atoms with E-state index in [1.807, 2.05) is 25.1 Å². The molecule has 1 fully saturated rings. The van der Waals surface area contributed by atoms with Gasteiger partial charge in [0.05, 0.1) is 19.3 Å². The molecule has 0 aliphatic carbocycles. The third-order valence-electron chi connectivity index (χ3n) is 3.57. The number of hydrogen-bond acceptors (Lipinski definition) is 3. The van der Waals surface area contributed by atoms with Crippen LogP contribution >= 0.6 is 11.6 Å². The second-order valence-corrected chi connectivity index (χ2v) is 5.38. The predicted molar refractivity (Wildman–Crippen MR) is 75.1 cm³/mol. The topological polar surface area (TPSA) is 70.0 Å². The Labute approximate surface area is 122 Å². The summed E-state index contributed by atoms with van der Waals surface area (Å²) in [5.74, 6) is -0.299. The van der Waals surface area contributed by atoms with Crippen LogP contribution in [-0.2, 0) is 4.74 Å². The van der Waals surface area contributed by atoms with Crippen LogP contribution in [0.3, 0.4) is 0 Å². The van der Waals surface area contributed by atoms with E-state index in [1.54, 1.807) is 0 Å². The first-order chi connectivity index (χ1) is 9.52. The molecule has 0 spiro atoms. The average molecular weight is 300 g/mol. The summed E-state index contributed by atoms with van der Waals surface area (Å²) in [6.45, 7) is 2.64. The molecule has 1 amide bonds. The molecular weight excluding hydrogens is 282 g/mol. The Hall–Kier alpha value is -1.30. The van der Waals surface area contributed by atoms with Gasteiger partial charge in [-0.1, -0.05) is 23.7 Å². The first kappa shape index (κ1) is 15.1. The van der Waals surface area contributed by atoms with Gasteiger partial charge in [-0.3, -0.25) is 0 Å². The molecule has 2 unspecified atom stereocenters. The molecule has 0 radical (unpaired) electrons. The molecule has 2 rings (SSSR count). The van der Waals surface area contributed by atoms with Crippen molar-refractivity contribution in [3.05, 3.63) is 34.3 Å². The number of carbonyl (C=O) groups is 1.